The van der Waals surface area contributed by atoms with Crippen LogP contribution < -0.4 is 0 Å². The number of ketones is 2. The van der Waals surface area contributed by atoms with Crippen LogP contribution in [-0.4, -0.2) is 24.1 Å². The van der Waals surface area contributed by atoms with E-state index in [4.69, 9.17) is 9.15 Å². The van der Waals surface area contributed by atoms with Gasteiger partial charge in [-0.2, -0.15) is 0 Å². The van der Waals surface area contributed by atoms with Crippen LogP contribution in [0.2, 0.25) is 0 Å². The number of Topliss-reactive ketones (excluding diaryl/α,β-unsaturated/α-hetero) is 2. The number of furan rings is 1. The number of esters is 1. The van der Waals surface area contributed by atoms with E-state index >= 15 is 0 Å². The minimum absolute atomic E-state index is 0.0744. The van der Waals surface area contributed by atoms with Crippen LogP contribution in [0.1, 0.15) is 38.2 Å². The van der Waals surface area contributed by atoms with Crippen molar-refractivity contribution in [3.8, 4) is 11.3 Å². The Morgan fingerprint density at radius 1 is 0.964 bits per heavy atom. The minimum atomic E-state index is -0.920. The maximum Gasteiger partial charge on any atom is 0.374 e. The maximum absolute atomic E-state index is 13.6. The lowest BCUT2D eigenvalue weighted by molar-refractivity contribution is 0.0443. The molecule has 0 spiro atoms. The molecule has 2 aromatic carbocycles. The molecule has 7 heteroatoms. The van der Waals surface area contributed by atoms with Gasteiger partial charge in [-0.3, -0.25) is 9.59 Å². The molecule has 0 aliphatic rings. The quantitative estimate of drug-likeness (QED) is 0.463. The van der Waals surface area contributed by atoms with Crippen molar-refractivity contribution in [1.29, 1.82) is 0 Å². The third-order valence-corrected chi connectivity index (χ3v) is 3.95. The predicted molar refractivity (Wildman–Crippen MR) is 95.1 cm³/mol. The normalized spacial score (nSPS) is 10.5. The van der Waals surface area contributed by atoms with Gasteiger partial charge in [-0.05, 0) is 37.3 Å². The Hall–Kier alpha value is -3.61. The molecule has 0 atom stereocenters. The number of carbonyl (C=O) groups is 3. The molecule has 3 aromatic rings. The number of carbonyl (C=O) groups excluding carboxylic acids is 3. The third-order valence-electron chi connectivity index (χ3n) is 3.95. The zero-order valence-electron chi connectivity index (χ0n) is 14.7. The van der Waals surface area contributed by atoms with Crippen molar-refractivity contribution < 1.29 is 32.3 Å². The van der Waals surface area contributed by atoms with E-state index in [1.807, 2.05) is 0 Å². The van der Waals surface area contributed by atoms with Gasteiger partial charge in [0.15, 0.2) is 12.4 Å². The van der Waals surface area contributed by atoms with Crippen LogP contribution in [-0.2, 0) is 4.74 Å². The lowest BCUT2D eigenvalue weighted by Gasteiger charge is -2.04. The lowest BCUT2D eigenvalue weighted by atomic mass is 10.1. The second-order valence-corrected chi connectivity index (χ2v) is 5.92. The molecule has 142 valence electrons. The first kappa shape index (κ1) is 19.2. The SMILES string of the molecule is CC(=O)c1ccc(-c2ccc(C(=O)OCC(=O)c3cc(F)ccc3F)o2)cc1. The Balaban J connectivity index is 1.66. The van der Waals surface area contributed by atoms with Gasteiger partial charge in [-0.25, -0.2) is 13.6 Å². The maximum atomic E-state index is 13.6. The van der Waals surface area contributed by atoms with E-state index in [-0.39, 0.29) is 11.5 Å². The third kappa shape index (κ3) is 4.20. The average molecular weight is 384 g/mol. The van der Waals surface area contributed by atoms with E-state index in [0.717, 1.165) is 18.2 Å². The highest BCUT2D eigenvalue weighted by atomic mass is 19.1. The molecule has 0 amide bonds. The van der Waals surface area contributed by atoms with Gasteiger partial charge in [-0.15, -0.1) is 0 Å². The number of hydrogen-bond acceptors (Lipinski definition) is 5. The summed E-state index contributed by atoms with van der Waals surface area (Å²) in [4.78, 5) is 35.3. The van der Waals surface area contributed by atoms with Gasteiger partial charge in [-0.1, -0.05) is 24.3 Å². The van der Waals surface area contributed by atoms with Gasteiger partial charge in [0.1, 0.15) is 17.4 Å². The fraction of sp³-hybridized carbons (Fsp3) is 0.0952. The summed E-state index contributed by atoms with van der Waals surface area (Å²) in [6, 6.07) is 11.9. The molecule has 1 heterocycles. The smallest absolute Gasteiger partial charge is 0.374 e. The molecule has 3 rings (SSSR count). The standard InChI is InChI=1S/C21H14F2O5/c1-12(24)13-2-4-14(5-3-13)19-8-9-20(28-19)21(26)27-11-18(25)16-10-15(22)6-7-17(16)23/h2-10H,11H2,1H3. The number of benzene rings is 2. The van der Waals surface area contributed by atoms with Gasteiger partial charge < -0.3 is 9.15 Å². The zero-order chi connectivity index (χ0) is 20.3. The van der Waals surface area contributed by atoms with Gasteiger partial charge >= 0.3 is 5.97 Å². The summed E-state index contributed by atoms with van der Waals surface area (Å²) in [5.41, 5.74) is 0.679. The number of ether oxygens (including phenoxy) is 1. The van der Waals surface area contributed by atoms with Gasteiger partial charge in [0.2, 0.25) is 11.5 Å². The second-order valence-electron chi connectivity index (χ2n) is 5.92. The molecule has 5 nitrogen and oxygen atoms in total. The van der Waals surface area contributed by atoms with E-state index in [9.17, 15) is 23.2 Å². The number of rotatable bonds is 6. The highest BCUT2D eigenvalue weighted by Crippen LogP contribution is 2.23. The Bertz CT molecular complexity index is 1050. The first-order valence-electron chi connectivity index (χ1n) is 8.22. The van der Waals surface area contributed by atoms with Crippen LogP contribution >= 0.6 is 0 Å². The molecule has 0 unspecified atom stereocenters. The minimum Gasteiger partial charge on any atom is -0.451 e. The highest BCUT2D eigenvalue weighted by Gasteiger charge is 2.18. The van der Waals surface area contributed by atoms with Crippen LogP contribution in [0.5, 0.6) is 0 Å². The molecular weight excluding hydrogens is 370 g/mol. The molecule has 1 aromatic heterocycles. The summed E-state index contributed by atoms with van der Waals surface area (Å²) in [5, 5.41) is 0. The molecule has 28 heavy (non-hydrogen) atoms. The summed E-state index contributed by atoms with van der Waals surface area (Å²) in [7, 11) is 0. The van der Waals surface area contributed by atoms with E-state index in [0.29, 0.717) is 16.9 Å². The summed E-state index contributed by atoms with van der Waals surface area (Å²) >= 11 is 0. The second kappa shape index (κ2) is 7.96. The molecular formula is C21H14F2O5. The molecule has 0 fully saturated rings. The van der Waals surface area contributed by atoms with Crippen LogP contribution in [0.25, 0.3) is 11.3 Å². The summed E-state index contributed by atoms with van der Waals surface area (Å²) < 4.78 is 36.9. The first-order valence-corrected chi connectivity index (χ1v) is 8.22. The predicted octanol–water partition coefficient (Wildman–Crippen LogP) is 4.47. The Morgan fingerprint density at radius 3 is 2.36 bits per heavy atom. The zero-order valence-corrected chi connectivity index (χ0v) is 14.7. The van der Waals surface area contributed by atoms with Crippen LogP contribution in [0.15, 0.2) is 59.0 Å². The van der Waals surface area contributed by atoms with Crippen molar-refractivity contribution in [2.45, 2.75) is 6.92 Å². The monoisotopic (exact) mass is 384 g/mol. The van der Waals surface area contributed by atoms with E-state index in [1.165, 1.54) is 19.1 Å². The van der Waals surface area contributed by atoms with Gasteiger partial charge in [0.25, 0.3) is 0 Å². The Kier molecular flexibility index (Phi) is 5.44. The summed E-state index contributed by atoms with van der Waals surface area (Å²) in [5.74, 6) is -3.34. The topological polar surface area (TPSA) is 73.6 Å². The van der Waals surface area contributed by atoms with Crippen molar-refractivity contribution in [1.82, 2.24) is 0 Å². The van der Waals surface area contributed by atoms with Gasteiger partial charge in [0.05, 0.1) is 5.56 Å². The van der Waals surface area contributed by atoms with Crippen molar-refractivity contribution in [2.75, 3.05) is 6.61 Å². The molecule has 0 saturated heterocycles. The molecule has 0 saturated carbocycles. The largest absolute Gasteiger partial charge is 0.451 e. The van der Waals surface area contributed by atoms with Crippen molar-refractivity contribution in [3.05, 3.63) is 83.1 Å². The number of hydrogen-bond donors (Lipinski definition) is 0. The van der Waals surface area contributed by atoms with Crippen LogP contribution in [0.3, 0.4) is 0 Å². The van der Waals surface area contributed by atoms with Crippen LogP contribution in [0.4, 0.5) is 8.78 Å². The van der Waals surface area contributed by atoms with E-state index < -0.39 is 35.6 Å². The molecule has 0 radical (unpaired) electrons. The van der Waals surface area contributed by atoms with Crippen LogP contribution in [0, 0.1) is 11.6 Å². The summed E-state index contributed by atoms with van der Waals surface area (Å²) in [6.45, 7) is 0.690. The van der Waals surface area contributed by atoms with E-state index in [1.54, 1.807) is 24.3 Å². The Morgan fingerprint density at radius 2 is 1.68 bits per heavy atom. The Labute approximate surface area is 158 Å². The molecule has 0 bridgehead atoms. The fourth-order valence-corrected chi connectivity index (χ4v) is 2.46. The van der Waals surface area contributed by atoms with Crippen molar-refractivity contribution in [3.63, 3.8) is 0 Å². The fourth-order valence-electron chi connectivity index (χ4n) is 2.46. The summed E-state index contributed by atoms with van der Waals surface area (Å²) in [6.07, 6.45) is 0. The number of halogens is 2. The average Bonchev–Trinajstić information content (AvgIpc) is 3.18. The lowest BCUT2D eigenvalue weighted by Crippen LogP contribution is -2.15. The first-order chi connectivity index (χ1) is 13.3. The van der Waals surface area contributed by atoms with Crippen molar-refractivity contribution in [2.24, 2.45) is 0 Å². The molecule has 0 N–H and O–H groups in total. The van der Waals surface area contributed by atoms with E-state index in [2.05, 4.69) is 0 Å². The highest BCUT2D eigenvalue weighted by molar-refractivity contribution is 5.99. The molecule has 0 aliphatic heterocycles. The molecule has 0 aliphatic carbocycles. The van der Waals surface area contributed by atoms with Gasteiger partial charge in [0, 0.05) is 11.1 Å². The van der Waals surface area contributed by atoms with Crippen molar-refractivity contribution >= 4 is 17.5 Å².